The van der Waals surface area contributed by atoms with Crippen molar-refractivity contribution in [2.45, 2.75) is 45.4 Å². The van der Waals surface area contributed by atoms with Crippen molar-refractivity contribution < 1.29 is 36.7 Å². The van der Waals surface area contributed by atoms with E-state index in [2.05, 4.69) is 15.8 Å². The summed E-state index contributed by atoms with van der Waals surface area (Å²) in [6.45, 7) is 4.37. The molecule has 2 atom stereocenters. The molecule has 0 spiro atoms. The monoisotopic (exact) mass is 646 g/mol. The number of ether oxygens (including phenoxy) is 1. The molecule has 0 fully saturated rings. The van der Waals surface area contributed by atoms with E-state index in [4.69, 9.17) is 9.57 Å². The number of halogens is 2. The second-order valence-electron chi connectivity index (χ2n) is 10.6. The molecule has 0 aliphatic heterocycles. The number of nitrogens with zero attached hydrogens (tertiary/aromatic N) is 2. The van der Waals surface area contributed by atoms with Gasteiger partial charge in [0.2, 0.25) is 10.0 Å². The summed E-state index contributed by atoms with van der Waals surface area (Å²) < 4.78 is 59.0. The van der Waals surface area contributed by atoms with Crippen LogP contribution in [0.1, 0.15) is 47.3 Å². The second kappa shape index (κ2) is 16.3. The van der Waals surface area contributed by atoms with Crippen LogP contribution in [0.4, 0.5) is 14.5 Å². The summed E-state index contributed by atoms with van der Waals surface area (Å²) in [6.07, 6.45) is 0.490. The topological polar surface area (TPSA) is 130 Å². The third-order valence-electron chi connectivity index (χ3n) is 6.93. The average Bonchev–Trinajstić information content (AvgIpc) is 2.99. The van der Waals surface area contributed by atoms with E-state index < -0.39 is 39.7 Å². The van der Waals surface area contributed by atoms with Crippen molar-refractivity contribution in [1.29, 1.82) is 0 Å². The number of rotatable bonds is 16. The fraction of sp³-hybridized carbons (Fsp3) is 0.375. The quantitative estimate of drug-likeness (QED) is 0.122. The predicted octanol–water partition coefficient (Wildman–Crippen LogP) is 4.01. The molecule has 10 nitrogen and oxygen atoms in total. The highest BCUT2D eigenvalue weighted by atomic mass is 32.2. The Balaban J connectivity index is 1.91. The smallest absolute Gasteiger partial charge is 0.251 e. The van der Waals surface area contributed by atoms with Crippen molar-refractivity contribution in [3.05, 3.63) is 94.6 Å². The summed E-state index contributed by atoms with van der Waals surface area (Å²) in [5.74, 6) is -1.55. The van der Waals surface area contributed by atoms with E-state index in [0.29, 0.717) is 30.2 Å². The van der Waals surface area contributed by atoms with Crippen LogP contribution in [0.3, 0.4) is 0 Å². The number of nitrogens with one attached hydrogen (secondary N) is 2. The third kappa shape index (κ3) is 10.8. The summed E-state index contributed by atoms with van der Waals surface area (Å²) in [4.78, 5) is 18.9. The Hall–Kier alpha value is -4.07. The summed E-state index contributed by atoms with van der Waals surface area (Å²) in [5.41, 5.74) is 2.26. The highest BCUT2D eigenvalue weighted by Crippen LogP contribution is 2.22. The molecule has 3 rings (SSSR count). The first-order chi connectivity index (χ1) is 21.3. The van der Waals surface area contributed by atoms with Crippen molar-refractivity contribution in [2.24, 2.45) is 5.16 Å². The molecule has 3 aromatic carbocycles. The maximum atomic E-state index is 14.0. The fourth-order valence-electron chi connectivity index (χ4n) is 4.42. The Bertz CT molecular complexity index is 1580. The Morgan fingerprint density at radius 1 is 1.04 bits per heavy atom. The number of oxime groups is 1. The van der Waals surface area contributed by atoms with Crippen molar-refractivity contribution >= 4 is 27.3 Å². The largest absolute Gasteiger partial charge is 0.497 e. The molecule has 0 aromatic heterocycles. The molecular weight excluding hydrogens is 606 g/mol. The summed E-state index contributed by atoms with van der Waals surface area (Å²) in [6, 6.07) is 13.9. The van der Waals surface area contributed by atoms with Gasteiger partial charge in [-0.05, 0) is 73.4 Å². The minimum Gasteiger partial charge on any atom is -0.497 e. The number of aliphatic hydroxyl groups excluding tert-OH is 1. The van der Waals surface area contributed by atoms with Gasteiger partial charge in [-0.3, -0.25) is 9.10 Å². The predicted molar refractivity (Wildman–Crippen MR) is 170 cm³/mol. The molecule has 3 N–H and O–H groups in total. The number of hydrogen-bond donors (Lipinski definition) is 3. The third-order valence-corrected chi connectivity index (χ3v) is 8.14. The van der Waals surface area contributed by atoms with Gasteiger partial charge in [-0.15, -0.1) is 0 Å². The molecule has 0 aliphatic carbocycles. The van der Waals surface area contributed by atoms with Gasteiger partial charge in [0.05, 0.1) is 36.9 Å². The van der Waals surface area contributed by atoms with Crippen molar-refractivity contribution in [2.75, 3.05) is 37.9 Å². The average molecular weight is 647 g/mol. The number of benzene rings is 3. The zero-order valence-electron chi connectivity index (χ0n) is 26.0. The number of sulfonamides is 1. The van der Waals surface area contributed by atoms with Gasteiger partial charge in [0.25, 0.3) is 5.91 Å². The van der Waals surface area contributed by atoms with Crippen LogP contribution in [0, 0.1) is 11.6 Å². The number of anilines is 1. The SMILES string of the molecule is CCCON=C(C)c1cc(C(=O)N[C@@H](Cc2cc(F)cc(F)c2)[C@H](O)CNCc2cccc(OC)c2)cc(N(C)S(C)(=O)=O)c1. The van der Waals surface area contributed by atoms with Crippen molar-refractivity contribution in [3.8, 4) is 5.75 Å². The van der Waals surface area contributed by atoms with Gasteiger partial charge in [0.1, 0.15) is 24.0 Å². The number of aliphatic hydroxyl groups is 1. The zero-order chi connectivity index (χ0) is 33.1. The van der Waals surface area contributed by atoms with E-state index in [0.717, 1.165) is 40.7 Å². The van der Waals surface area contributed by atoms with Crippen LogP contribution >= 0.6 is 0 Å². The lowest BCUT2D eigenvalue weighted by atomic mass is 9.99. The molecule has 0 bridgehead atoms. The molecule has 1 amide bonds. The van der Waals surface area contributed by atoms with Crippen LogP contribution < -0.4 is 19.7 Å². The van der Waals surface area contributed by atoms with Crippen LogP contribution in [0.15, 0.2) is 65.8 Å². The molecule has 45 heavy (non-hydrogen) atoms. The van der Waals surface area contributed by atoms with Crippen LogP contribution in [-0.4, -0.2) is 70.9 Å². The van der Waals surface area contributed by atoms with Crippen LogP contribution in [-0.2, 0) is 27.8 Å². The number of methoxy groups -OCH3 is 1. The van der Waals surface area contributed by atoms with Gasteiger partial charge in [-0.2, -0.15) is 0 Å². The summed E-state index contributed by atoms with van der Waals surface area (Å²) >= 11 is 0. The second-order valence-corrected chi connectivity index (χ2v) is 12.6. The Morgan fingerprint density at radius 3 is 2.38 bits per heavy atom. The van der Waals surface area contributed by atoms with Gasteiger partial charge in [0.15, 0.2) is 0 Å². The van der Waals surface area contributed by atoms with Gasteiger partial charge in [-0.25, -0.2) is 17.2 Å². The van der Waals surface area contributed by atoms with E-state index >= 15 is 0 Å². The van der Waals surface area contributed by atoms with Gasteiger partial charge in [0, 0.05) is 37.3 Å². The molecule has 0 saturated heterocycles. The van der Waals surface area contributed by atoms with Crippen LogP contribution in [0.5, 0.6) is 5.75 Å². The summed E-state index contributed by atoms with van der Waals surface area (Å²) in [7, 11) is -0.764. The maximum Gasteiger partial charge on any atom is 0.251 e. The van der Waals surface area contributed by atoms with E-state index in [-0.39, 0.29) is 29.8 Å². The van der Waals surface area contributed by atoms with Crippen LogP contribution in [0.2, 0.25) is 0 Å². The first-order valence-electron chi connectivity index (χ1n) is 14.3. The minimum absolute atomic E-state index is 0.0304. The maximum absolute atomic E-state index is 14.0. The normalized spacial score (nSPS) is 13.2. The molecule has 0 aliphatic rings. The lowest BCUT2D eigenvalue weighted by Crippen LogP contribution is -2.48. The van der Waals surface area contributed by atoms with Crippen molar-refractivity contribution in [3.63, 3.8) is 0 Å². The molecule has 0 radical (unpaired) electrons. The molecule has 0 saturated carbocycles. The Morgan fingerprint density at radius 2 is 1.73 bits per heavy atom. The first-order valence-corrected chi connectivity index (χ1v) is 16.2. The van der Waals surface area contributed by atoms with E-state index in [9.17, 15) is 27.1 Å². The van der Waals surface area contributed by atoms with Crippen LogP contribution in [0.25, 0.3) is 0 Å². The van der Waals surface area contributed by atoms with Gasteiger partial charge in [-0.1, -0.05) is 24.2 Å². The molecule has 244 valence electrons. The number of hydrogen-bond acceptors (Lipinski definition) is 8. The highest BCUT2D eigenvalue weighted by Gasteiger charge is 2.25. The lowest BCUT2D eigenvalue weighted by molar-refractivity contribution is 0.0830. The molecule has 13 heteroatoms. The van der Waals surface area contributed by atoms with E-state index in [1.807, 2.05) is 31.2 Å². The Labute approximate surface area is 263 Å². The van der Waals surface area contributed by atoms with Gasteiger partial charge >= 0.3 is 0 Å². The highest BCUT2D eigenvalue weighted by molar-refractivity contribution is 7.92. The Kier molecular flexibility index (Phi) is 12.8. The van der Waals surface area contributed by atoms with E-state index in [1.165, 1.54) is 19.2 Å². The standard InChI is InChI=1S/C32H40F2N4O6S/c1-6-10-44-37-21(2)24-15-25(17-28(16-24)38(3)45(5,41)42)32(40)36-30(14-23-11-26(33)18-27(34)12-23)31(39)20-35-19-22-8-7-9-29(13-22)43-4/h7-9,11-13,15-18,30-31,35,39H,6,10,14,19-20H2,1-5H3,(H,36,40)/t30-,31+/m0/s1. The number of carbonyl (C=O) groups excluding carboxylic acids is 1. The van der Waals surface area contributed by atoms with E-state index in [1.54, 1.807) is 20.1 Å². The fourth-order valence-corrected chi connectivity index (χ4v) is 4.91. The molecule has 0 heterocycles. The lowest BCUT2D eigenvalue weighted by Gasteiger charge is -2.26. The molecule has 3 aromatic rings. The summed E-state index contributed by atoms with van der Waals surface area (Å²) in [5, 5.41) is 21.2. The molecule has 0 unspecified atom stereocenters. The molecular formula is C32H40F2N4O6S. The minimum atomic E-state index is -3.68. The zero-order valence-corrected chi connectivity index (χ0v) is 26.8. The first kappa shape index (κ1) is 35.4. The van der Waals surface area contributed by atoms with Gasteiger partial charge < -0.3 is 25.3 Å². The van der Waals surface area contributed by atoms with Crippen molar-refractivity contribution in [1.82, 2.24) is 10.6 Å². The number of amides is 1. The number of carbonyl (C=O) groups is 1.